The fourth-order valence-electron chi connectivity index (χ4n) is 2.93. The van der Waals surface area contributed by atoms with Crippen LogP contribution < -0.4 is 5.32 Å². The number of nitrogens with one attached hydrogen (secondary N) is 1. The minimum absolute atomic E-state index is 0.106. The lowest BCUT2D eigenvalue weighted by molar-refractivity contribution is -0.385. The number of hydrogen-bond donors (Lipinski definition) is 1. The Kier molecular flexibility index (Phi) is 5.41. The molecule has 0 saturated carbocycles. The lowest BCUT2D eigenvalue weighted by Gasteiger charge is -2.14. The monoisotopic (exact) mass is 402 g/mol. The second-order valence-corrected chi connectivity index (χ2v) is 6.57. The summed E-state index contributed by atoms with van der Waals surface area (Å²) in [5.41, 5.74) is 1.59. The van der Waals surface area contributed by atoms with Gasteiger partial charge in [-0.3, -0.25) is 14.9 Å². The first-order chi connectivity index (χ1) is 13.3. The maximum absolute atomic E-state index is 13.1. The molecule has 7 nitrogen and oxygen atoms in total. The van der Waals surface area contributed by atoms with Crippen LogP contribution in [-0.4, -0.2) is 20.6 Å². The molecule has 28 heavy (non-hydrogen) atoms. The van der Waals surface area contributed by atoms with Crippen molar-refractivity contribution in [3.63, 3.8) is 0 Å². The number of benzene rings is 2. The zero-order chi connectivity index (χ0) is 20.4. The molecule has 1 heterocycles. The summed E-state index contributed by atoms with van der Waals surface area (Å²) >= 11 is 5.87. The van der Waals surface area contributed by atoms with Gasteiger partial charge in [0, 0.05) is 11.3 Å². The summed E-state index contributed by atoms with van der Waals surface area (Å²) in [7, 11) is 0. The molecule has 1 unspecified atom stereocenters. The number of halogens is 2. The molecule has 3 aromatic rings. The Bertz CT molecular complexity index is 1050. The predicted octanol–water partition coefficient (Wildman–Crippen LogP) is 4.37. The van der Waals surface area contributed by atoms with E-state index in [1.165, 1.54) is 30.3 Å². The molecule has 0 spiro atoms. The molecule has 1 N–H and O–H groups in total. The van der Waals surface area contributed by atoms with E-state index < -0.39 is 22.6 Å². The number of nitro benzene ring substituents is 1. The van der Waals surface area contributed by atoms with Crippen LogP contribution in [0.15, 0.2) is 48.7 Å². The highest BCUT2D eigenvalue weighted by molar-refractivity contribution is 6.33. The summed E-state index contributed by atoms with van der Waals surface area (Å²) in [6.07, 6.45) is 1.59. The Morgan fingerprint density at radius 1 is 1.29 bits per heavy atom. The zero-order valence-electron chi connectivity index (χ0n) is 15.0. The number of nitrogens with zero attached hydrogens (tertiary/aromatic N) is 3. The van der Waals surface area contributed by atoms with Gasteiger partial charge in [0.15, 0.2) is 0 Å². The van der Waals surface area contributed by atoms with Crippen molar-refractivity contribution in [2.45, 2.75) is 19.9 Å². The van der Waals surface area contributed by atoms with E-state index in [-0.39, 0.29) is 16.4 Å². The van der Waals surface area contributed by atoms with E-state index in [9.17, 15) is 19.3 Å². The molecule has 1 atom stereocenters. The number of hydrogen-bond acceptors (Lipinski definition) is 4. The molecule has 144 valence electrons. The number of nitro groups is 1. The average molecular weight is 403 g/mol. The van der Waals surface area contributed by atoms with Gasteiger partial charge in [-0.2, -0.15) is 5.10 Å². The van der Waals surface area contributed by atoms with Crippen LogP contribution in [0.3, 0.4) is 0 Å². The van der Waals surface area contributed by atoms with Gasteiger partial charge in [0.2, 0.25) is 0 Å². The zero-order valence-corrected chi connectivity index (χ0v) is 15.8. The van der Waals surface area contributed by atoms with Crippen molar-refractivity contribution in [1.29, 1.82) is 0 Å². The van der Waals surface area contributed by atoms with E-state index in [1.807, 2.05) is 6.92 Å². The first-order valence-corrected chi connectivity index (χ1v) is 8.71. The van der Waals surface area contributed by atoms with Gasteiger partial charge >= 0.3 is 5.69 Å². The van der Waals surface area contributed by atoms with E-state index in [2.05, 4.69) is 10.4 Å². The molecule has 0 radical (unpaired) electrons. The Morgan fingerprint density at radius 3 is 2.61 bits per heavy atom. The van der Waals surface area contributed by atoms with E-state index in [4.69, 9.17) is 11.6 Å². The lowest BCUT2D eigenvalue weighted by Crippen LogP contribution is -2.27. The smallest absolute Gasteiger partial charge is 0.300 e. The molecule has 1 amide bonds. The topological polar surface area (TPSA) is 90.1 Å². The first kappa shape index (κ1) is 19.5. The SMILES string of the molecule is Cc1c(C(C)NC(=O)c2cccc(Cl)c2[N+](=O)[O-])cnn1-c1ccc(F)cc1. The van der Waals surface area contributed by atoms with Gasteiger partial charge in [-0.15, -0.1) is 0 Å². The molecule has 0 fully saturated rings. The van der Waals surface area contributed by atoms with E-state index in [0.717, 1.165) is 11.3 Å². The van der Waals surface area contributed by atoms with Gasteiger partial charge in [0.1, 0.15) is 16.4 Å². The molecular formula is C19H16ClFN4O3. The second kappa shape index (κ2) is 7.77. The van der Waals surface area contributed by atoms with Crippen molar-refractivity contribution < 1.29 is 14.1 Å². The molecule has 0 aliphatic carbocycles. The minimum atomic E-state index is -0.681. The van der Waals surface area contributed by atoms with Crippen LogP contribution in [0.25, 0.3) is 5.69 Å². The van der Waals surface area contributed by atoms with Crippen molar-refractivity contribution in [2.75, 3.05) is 0 Å². The van der Waals surface area contributed by atoms with Crippen LogP contribution in [0.4, 0.5) is 10.1 Å². The van der Waals surface area contributed by atoms with Crippen molar-refractivity contribution in [3.05, 3.63) is 86.4 Å². The molecule has 3 rings (SSSR count). The van der Waals surface area contributed by atoms with E-state index in [1.54, 1.807) is 29.9 Å². The third-order valence-electron chi connectivity index (χ3n) is 4.35. The summed E-state index contributed by atoms with van der Waals surface area (Å²) in [5, 5.41) is 18.2. The summed E-state index contributed by atoms with van der Waals surface area (Å²) in [6.45, 7) is 3.56. The van der Waals surface area contributed by atoms with Crippen LogP contribution in [0.5, 0.6) is 0 Å². The summed E-state index contributed by atoms with van der Waals surface area (Å²) in [6, 6.07) is 9.57. The summed E-state index contributed by atoms with van der Waals surface area (Å²) in [5.74, 6) is -0.965. The van der Waals surface area contributed by atoms with Crippen LogP contribution in [0.1, 0.15) is 34.6 Å². The second-order valence-electron chi connectivity index (χ2n) is 6.16. The Balaban J connectivity index is 1.85. The highest BCUT2D eigenvalue weighted by Gasteiger charge is 2.25. The van der Waals surface area contributed by atoms with Crippen molar-refractivity contribution in [3.8, 4) is 5.69 Å². The number of aromatic nitrogens is 2. The van der Waals surface area contributed by atoms with Gasteiger partial charge in [-0.05, 0) is 50.2 Å². The first-order valence-electron chi connectivity index (χ1n) is 8.34. The van der Waals surface area contributed by atoms with Gasteiger partial charge in [-0.1, -0.05) is 17.7 Å². The molecule has 9 heteroatoms. The van der Waals surface area contributed by atoms with E-state index >= 15 is 0 Å². The Morgan fingerprint density at radius 2 is 1.96 bits per heavy atom. The van der Waals surface area contributed by atoms with E-state index in [0.29, 0.717) is 5.69 Å². The van der Waals surface area contributed by atoms with Gasteiger partial charge < -0.3 is 5.32 Å². The minimum Gasteiger partial charge on any atom is -0.345 e. The molecule has 1 aromatic heterocycles. The molecule has 0 saturated heterocycles. The Labute approximate surface area is 164 Å². The van der Waals surface area contributed by atoms with Gasteiger partial charge in [0.05, 0.1) is 22.8 Å². The maximum Gasteiger partial charge on any atom is 0.300 e. The number of carbonyl (C=O) groups excluding carboxylic acids is 1. The highest BCUT2D eigenvalue weighted by atomic mass is 35.5. The van der Waals surface area contributed by atoms with Crippen LogP contribution in [-0.2, 0) is 0 Å². The summed E-state index contributed by atoms with van der Waals surface area (Å²) in [4.78, 5) is 23.1. The number of para-hydroxylation sites is 1. The molecule has 0 bridgehead atoms. The highest BCUT2D eigenvalue weighted by Crippen LogP contribution is 2.29. The maximum atomic E-state index is 13.1. The molecule has 2 aromatic carbocycles. The quantitative estimate of drug-likeness (QED) is 0.506. The fraction of sp³-hybridized carbons (Fsp3) is 0.158. The number of rotatable bonds is 5. The standard InChI is InChI=1S/C19H16ClFN4O3/c1-11(23-19(26)15-4-3-5-17(20)18(15)25(27)28)16-10-22-24(12(16)2)14-8-6-13(21)7-9-14/h3-11H,1-2H3,(H,23,26). The van der Waals surface area contributed by atoms with Gasteiger partial charge in [-0.25, -0.2) is 9.07 Å². The van der Waals surface area contributed by atoms with Crippen LogP contribution >= 0.6 is 11.6 Å². The third kappa shape index (κ3) is 3.72. The largest absolute Gasteiger partial charge is 0.345 e. The fourth-order valence-corrected chi connectivity index (χ4v) is 3.17. The molecule has 0 aliphatic heterocycles. The van der Waals surface area contributed by atoms with Crippen molar-refractivity contribution in [2.24, 2.45) is 0 Å². The van der Waals surface area contributed by atoms with Crippen LogP contribution in [0.2, 0.25) is 5.02 Å². The molecular weight excluding hydrogens is 387 g/mol. The predicted molar refractivity (Wildman–Crippen MR) is 102 cm³/mol. The van der Waals surface area contributed by atoms with Crippen molar-refractivity contribution >= 4 is 23.2 Å². The van der Waals surface area contributed by atoms with Crippen LogP contribution in [0, 0.1) is 22.9 Å². The third-order valence-corrected chi connectivity index (χ3v) is 4.65. The average Bonchev–Trinajstić information content (AvgIpc) is 3.03. The summed E-state index contributed by atoms with van der Waals surface area (Å²) < 4.78 is 14.7. The number of carbonyl (C=O) groups is 1. The normalized spacial score (nSPS) is 11.9. The van der Waals surface area contributed by atoms with Crippen molar-refractivity contribution in [1.82, 2.24) is 15.1 Å². The lowest BCUT2D eigenvalue weighted by atomic mass is 10.1. The number of amides is 1. The Hall–Kier alpha value is -3.26. The molecule has 0 aliphatic rings. The van der Waals surface area contributed by atoms with Gasteiger partial charge in [0.25, 0.3) is 5.91 Å².